The van der Waals surface area contributed by atoms with Gasteiger partial charge in [0.1, 0.15) is 4.90 Å². The average molecular weight is 337 g/mol. The molecule has 7 heteroatoms. The van der Waals surface area contributed by atoms with E-state index in [-0.39, 0.29) is 27.0 Å². The number of piperidine rings is 1. The van der Waals surface area contributed by atoms with Gasteiger partial charge in [0, 0.05) is 18.6 Å². The van der Waals surface area contributed by atoms with Gasteiger partial charge in [-0.25, -0.2) is 8.42 Å². The van der Waals surface area contributed by atoms with E-state index in [0.29, 0.717) is 6.54 Å². The Morgan fingerprint density at radius 2 is 2.05 bits per heavy atom. The van der Waals surface area contributed by atoms with Crippen LogP contribution in [0, 0.1) is 0 Å². The molecule has 1 heterocycles. The van der Waals surface area contributed by atoms with Crippen molar-refractivity contribution >= 4 is 33.2 Å². The summed E-state index contributed by atoms with van der Waals surface area (Å²) >= 11 is 12.0. The first-order valence-corrected chi connectivity index (χ1v) is 8.76. The Kier molecular flexibility index (Phi) is 4.97. The summed E-state index contributed by atoms with van der Waals surface area (Å²) in [5.74, 6) is 0. The smallest absolute Gasteiger partial charge is 0.244 e. The molecule has 2 atom stereocenters. The van der Waals surface area contributed by atoms with Crippen LogP contribution in [0.1, 0.15) is 26.2 Å². The summed E-state index contributed by atoms with van der Waals surface area (Å²) in [7, 11) is -3.67. The van der Waals surface area contributed by atoms with Gasteiger partial charge < -0.3 is 5.73 Å². The summed E-state index contributed by atoms with van der Waals surface area (Å²) in [6, 6.07) is 4.23. The quantitative estimate of drug-likeness (QED) is 0.922. The van der Waals surface area contributed by atoms with Gasteiger partial charge in [-0.15, -0.1) is 0 Å². The van der Waals surface area contributed by atoms with Gasteiger partial charge in [0.25, 0.3) is 0 Å². The van der Waals surface area contributed by atoms with Crippen LogP contribution in [-0.4, -0.2) is 31.4 Å². The van der Waals surface area contributed by atoms with Crippen molar-refractivity contribution in [1.82, 2.24) is 4.31 Å². The summed E-state index contributed by atoms with van der Waals surface area (Å²) in [5, 5.41) is 0.310. The predicted molar refractivity (Wildman–Crippen MR) is 81.6 cm³/mol. The van der Waals surface area contributed by atoms with Gasteiger partial charge in [-0.2, -0.15) is 4.31 Å². The minimum Gasteiger partial charge on any atom is -0.326 e. The van der Waals surface area contributed by atoms with Gasteiger partial charge >= 0.3 is 0 Å². The van der Waals surface area contributed by atoms with Crippen molar-refractivity contribution in [3.63, 3.8) is 0 Å². The molecule has 0 bridgehead atoms. The first-order chi connectivity index (χ1) is 9.35. The van der Waals surface area contributed by atoms with Crippen molar-refractivity contribution in [2.45, 2.75) is 43.2 Å². The van der Waals surface area contributed by atoms with Crippen LogP contribution in [-0.2, 0) is 10.0 Å². The third-order valence-electron chi connectivity index (χ3n) is 3.61. The molecule has 0 amide bonds. The number of nitrogens with two attached hydrogens (primary N) is 1. The number of halogens is 2. The minimum absolute atomic E-state index is 0.0548. The first kappa shape index (κ1) is 16.0. The molecular formula is C13H18Cl2N2O2S. The number of hydrogen-bond acceptors (Lipinski definition) is 3. The van der Waals surface area contributed by atoms with Crippen LogP contribution in [0.2, 0.25) is 10.0 Å². The van der Waals surface area contributed by atoms with E-state index in [2.05, 4.69) is 0 Å². The van der Waals surface area contributed by atoms with Crippen molar-refractivity contribution in [2.24, 2.45) is 5.73 Å². The third kappa shape index (κ3) is 2.97. The van der Waals surface area contributed by atoms with Crippen molar-refractivity contribution in [3.05, 3.63) is 28.2 Å². The number of hydrogen-bond donors (Lipinski definition) is 1. The lowest BCUT2D eigenvalue weighted by atomic mass is 10.00. The van der Waals surface area contributed by atoms with Crippen LogP contribution in [0.25, 0.3) is 0 Å². The topological polar surface area (TPSA) is 63.4 Å². The molecule has 2 unspecified atom stereocenters. The van der Waals surface area contributed by atoms with Crippen LogP contribution in [0.3, 0.4) is 0 Å². The second kappa shape index (κ2) is 6.20. The Morgan fingerprint density at radius 1 is 1.35 bits per heavy atom. The van der Waals surface area contributed by atoms with Crippen molar-refractivity contribution in [2.75, 3.05) is 6.54 Å². The predicted octanol–water partition coefficient (Wildman–Crippen LogP) is 2.88. The highest BCUT2D eigenvalue weighted by Gasteiger charge is 2.36. The monoisotopic (exact) mass is 336 g/mol. The number of rotatable bonds is 3. The molecule has 1 aliphatic rings. The van der Waals surface area contributed by atoms with Crippen LogP contribution in [0.5, 0.6) is 0 Å². The summed E-state index contributed by atoms with van der Waals surface area (Å²) < 4.78 is 27.1. The minimum atomic E-state index is -3.67. The molecule has 1 aromatic carbocycles. The molecular weight excluding hydrogens is 319 g/mol. The van der Waals surface area contributed by atoms with Crippen LogP contribution in [0.4, 0.5) is 0 Å². The summed E-state index contributed by atoms with van der Waals surface area (Å²) in [6.45, 7) is 2.30. The van der Waals surface area contributed by atoms with Gasteiger partial charge in [0.15, 0.2) is 0 Å². The average Bonchev–Trinajstić information content (AvgIpc) is 2.41. The van der Waals surface area contributed by atoms with Crippen molar-refractivity contribution in [3.8, 4) is 0 Å². The molecule has 0 aliphatic carbocycles. The van der Waals surface area contributed by atoms with E-state index in [1.165, 1.54) is 10.4 Å². The van der Waals surface area contributed by atoms with E-state index >= 15 is 0 Å². The molecule has 0 spiro atoms. The fraction of sp³-hybridized carbons (Fsp3) is 0.538. The van der Waals surface area contributed by atoms with E-state index in [9.17, 15) is 8.42 Å². The van der Waals surface area contributed by atoms with Gasteiger partial charge in [0.05, 0.1) is 10.0 Å². The zero-order valence-corrected chi connectivity index (χ0v) is 13.5. The summed E-state index contributed by atoms with van der Waals surface area (Å²) in [4.78, 5) is 0.0548. The van der Waals surface area contributed by atoms with E-state index in [4.69, 9.17) is 28.9 Å². The van der Waals surface area contributed by atoms with Gasteiger partial charge in [-0.1, -0.05) is 35.7 Å². The Labute approximate surface area is 129 Å². The highest BCUT2D eigenvalue weighted by atomic mass is 35.5. The van der Waals surface area contributed by atoms with E-state index in [1.54, 1.807) is 12.1 Å². The SMILES string of the molecule is CC(N)C1CCCCN1S(=O)(=O)c1cccc(Cl)c1Cl. The molecule has 4 nitrogen and oxygen atoms in total. The number of nitrogens with zero attached hydrogens (tertiary/aromatic N) is 1. The summed E-state index contributed by atoms with van der Waals surface area (Å²) in [5.41, 5.74) is 5.94. The van der Waals surface area contributed by atoms with Crippen LogP contribution < -0.4 is 5.73 Å². The largest absolute Gasteiger partial charge is 0.326 e. The van der Waals surface area contributed by atoms with Gasteiger partial charge in [0.2, 0.25) is 10.0 Å². The standard InChI is InChI=1S/C13H18Cl2N2O2S/c1-9(16)11-6-2-3-8-17(11)20(18,19)12-7-4-5-10(14)13(12)15/h4-5,7,9,11H,2-3,6,8,16H2,1H3. The zero-order valence-electron chi connectivity index (χ0n) is 11.2. The molecule has 0 aromatic heterocycles. The zero-order chi connectivity index (χ0) is 14.9. The lowest BCUT2D eigenvalue weighted by Gasteiger charge is -2.37. The third-order valence-corrected chi connectivity index (χ3v) is 6.51. The molecule has 1 saturated heterocycles. The molecule has 0 saturated carbocycles. The Bertz CT molecular complexity index is 590. The molecule has 1 aromatic rings. The second-order valence-electron chi connectivity index (χ2n) is 5.09. The van der Waals surface area contributed by atoms with Crippen molar-refractivity contribution < 1.29 is 8.42 Å². The summed E-state index contributed by atoms with van der Waals surface area (Å²) in [6.07, 6.45) is 2.59. The Hall–Kier alpha value is -0.330. The van der Waals surface area contributed by atoms with Crippen molar-refractivity contribution in [1.29, 1.82) is 0 Å². The highest BCUT2D eigenvalue weighted by molar-refractivity contribution is 7.89. The molecule has 1 fully saturated rings. The van der Waals surface area contributed by atoms with E-state index in [1.807, 2.05) is 6.92 Å². The van der Waals surface area contributed by atoms with E-state index < -0.39 is 10.0 Å². The maximum atomic E-state index is 12.8. The molecule has 0 radical (unpaired) electrons. The highest BCUT2D eigenvalue weighted by Crippen LogP contribution is 2.33. The number of benzene rings is 1. The lowest BCUT2D eigenvalue weighted by molar-refractivity contribution is 0.227. The normalized spacial score (nSPS) is 22.7. The Balaban J connectivity index is 2.45. The lowest BCUT2D eigenvalue weighted by Crippen LogP contribution is -2.51. The molecule has 20 heavy (non-hydrogen) atoms. The molecule has 2 rings (SSSR count). The van der Waals surface area contributed by atoms with Crippen LogP contribution >= 0.6 is 23.2 Å². The van der Waals surface area contributed by atoms with Gasteiger partial charge in [-0.05, 0) is 31.9 Å². The fourth-order valence-electron chi connectivity index (χ4n) is 2.56. The molecule has 112 valence electrons. The second-order valence-corrected chi connectivity index (χ2v) is 7.73. The fourth-order valence-corrected chi connectivity index (χ4v) is 5.08. The van der Waals surface area contributed by atoms with Gasteiger partial charge in [-0.3, -0.25) is 0 Å². The molecule has 2 N–H and O–H groups in total. The Morgan fingerprint density at radius 3 is 2.70 bits per heavy atom. The number of sulfonamides is 1. The molecule has 1 aliphatic heterocycles. The maximum Gasteiger partial charge on any atom is 0.244 e. The first-order valence-electron chi connectivity index (χ1n) is 6.57. The van der Waals surface area contributed by atoms with E-state index in [0.717, 1.165) is 19.3 Å². The van der Waals surface area contributed by atoms with Crippen LogP contribution in [0.15, 0.2) is 23.1 Å². The maximum absolute atomic E-state index is 12.8.